The number of hydrogen-bond donors (Lipinski definition) is 1. The third-order valence-corrected chi connectivity index (χ3v) is 9.27. The van der Waals surface area contributed by atoms with E-state index in [0.29, 0.717) is 32.4 Å². The number of benzene rings is 3. The Hall–Kier alpha value is -2.01. The van der Waals surface area contributed by atoms with Crippen LogP contribution >= 0.6 is 81.2 Å². The Labute approximate surface area is 265 Å². The molecule has 0 aliphatic heterocycles. The van der Waals surface area contributed by atoms with Crippen LogP contribution in [0, 0.1) is 17.2 Å². The van der Waals surface area contributed by atoms with Crippen LogP contribution in [0.5, 0.6) is 0 Å². The molecule has 5 nitrogen and oxygen atoms in total. The molecule has 1 amide bonds. The minimum Gasteiger partial charge on any atom is -0.326 e. The number of anilines is 1. The van der Waals surface area contributed by atoms with Gasteiger partial charge >= 0.3 is 0 Å². The molecule has 12 heteroatoms. The first-order valence-electron chi connectivity index (χ1n) is 11.7. The van der Waals surface area contributed by atoms with Crippen LogP contribution in [0.3, 0.4) is 0 Å². The van der Waals surface area contributed by atoms with Gasteiger partial charge in [0, 0.05) is 40.1 Å². The van der Waals surface area contributed by atoms with Crippen molar-refractivity contribution in [1.82, 2.24) is 0 Å². The number of nitrogens with zero attached hydrogens (tertiary/aromatic N) is 1. The van der Waals surface area contributed by atoms with Gasteiger partial charge in [0.2, 0.25) is 5.91 Å². The van der Waals surface area contributed by atoms with E-state index in [4.69, 9.17) is 86.5 Å². The van der Waals surface area contributed by atoms with Gasteiger partial charge in [0.1, 0.15) is 4.33 Å². The summed E-state index contributed by atoms with van der Waals surface area (Å²) in [5, 5.41) is 12.8. The molecule has 2 atom stereocenters. The van der Waals surface area contributed by atoms with Crippen LogP contribution in [-0.2, 0) is 22.4 Å². The molecule has 1 fully saturated rings. The van der Waals surface area contributed by atoms with Gasteiger partial charge in [-0.2, -0.15) is 5.26 Å². The predicted octanol–water partition coefficient (Wildman–Crippen LogP) is 8.93. The maximum absolute atomic E-state index is 13.2. The van der Waals surface area contributed by atoms with E-state index in [0.717, 1.165) is 0 Å². The van der Waals surface area contributed by atoms with E-state index in [1.54, 1.807) is 36.4 Å². The van der Waals surface area contributed by atoms with Gasteiger partial charge in [-0.3, -0.25) is 14.4 Å². The number of carbonyl (C=O) groups is 3. The average Bonchev–Trinajstić information content (AvgIpc) is 3.48. The van der Waals surface area contributed by atoms with Crippen LogP contribution in [0.2, 0.25) is 25.1 Å². The second kappa shape index (κ2) is 12.5. The largest absolute Gasteiger partial charge is 0.326 e. The van der Waals surface area contributed by atoms with E-state index in [1.807, 2.05) is 0 Å². The fourth-order valence-corrected chi connectivity index (χ4v) is 6.30. The Balaban J connectivity index is 1.51. The normalized spacial score (nSPS) is 17.1. The molecule has 0 aromatic heterocycles. The monoisotopic (exact) mass is 674 g/mol. The molecule has 0 spiro atoms. The van der Waals surface area contributed by atoms with Gasteiger partial charge in [0.15, 0.2) is 11.6 Å². The molecule has 3 aromatic rings. The van der Waals surface area contributed by atoms with Gasteiger partial charge in [-0.25, -0.2) is 0 Å². The molecule has 0 unspecified atom stereocenters. The summed E-state index contributed by atoms with van der Waals surface area (Å²) in [7, 11) is 0. The fourth-order valence-electron chi connectivity index (χ4n) is 4.37. The lowest BCUT2D eigenvalue weighted by molar-refractivity contribution is -0.118. The average molecular weight is 678 g/mol. The third-order valence-electron chi connectivity index (χ3n) is 6.44. The highest BCUT2D eigenvalue weighted by molar-refractivity contribution is 6.53. The summed E-state index contributed by atoms with van der Waals surface area (Å²) < 4.78 is -1.36. The second-order valence-corrected chi connectivity index (χ2v) is 12.6. The van der Waals surface area contributed by atoms with E-state index in [2.05, 4.69) is 5.32 Å². The Morgan fingerprint density at radius 2 is 1.52 bits per heavy atom. The van der Waals surface area contributed by atoms with Gasteiger partial charge in [0.05, 0.1) is 33.5 Å². The summed E-state index contributed by atoms with van der Waals surface area (Å²) in [4.78, 5) is 38.3. The van der Waals surface area contributed by atoms with Crippen LogP contribution in [0.15, 0.2) is 48.5 Å². The minimum atomic E-state index is -1.36. The summed E-state index contributed by atoms with van der Waals surface area (Å²) >= 11 is 44.0. The van der Waals surface area contributed by atoms with Crippen molar-refractivity contribution in [1.29, 1.82) is 5.26 Å². The quantitative estimate of drug-likeness (QED) is 0.181. The predicted molar refractivity (Wildman–Crippen MR) is 161 cm³/mol. The van der Waals surface area contributed by atoms with Crippen molar-refractivity contribution in [2.45, 2.75) is 29.5 Å². The molecule has 206 valence electrons. The smallest absolute Gasteiger partial charge is 0.231 e. The molecule has 1 saturated carbocycles. The lowest BCUT2D eigenvalue weighted by atomic mass is 9.98. The Morgan fingerprint density at radius 3 is 2.20 bits per heavy atom. The maximum Gasteiger partial charge on any atom is 0.231 e. The Bertz CT molecular complexity index is 1580. The zero-order chi connectivity index (χ0) is 29.4. The first kappa shape index (κ1) is 30.9. The lowest BCUT2D eigenvalue weighted by Gasteiger charge is -2.12. The molecule has 3 aromatic carbocycles. The molecular formula is C28H17Cl7N2O3. The van der Waals surface area contributed by atoms with E-state index in [9.17, 15) is 14.4 Å². The van der Waals surface area contributed by atoms with Gasteiger partial charge in [-0.05, 0) is 53.1 Å². The van der Waals surface area contributed by atoms with Gasteiger partial charge in [-0.1, -0.05) is 70.1 Å². The Morgan fingerprint density at radius 1 is 0.850 bits per heavy atom. The Kier molecular flexibility index (Phi) is 9.64. The van der Waals surface area contributed by atoms with Crippen molar-refractivity contribution < 1.29 is 14.4 Å². The second-order valence-electron chi connectivity index (χ2n) is 9.14. The number of amides is 1. The maximum atomic E-state index is 13.2. The van der Waals surface area contributed by atoms with Crippen LogP contribution < -0.4 is 5.32 Å². The van der Waals surface area contributed by atoms with E-state index >= 15 is 0 Å². The number of Topliss-reactive ketones (excluding diaryl/α,β-unsaturated/α-hetero) is 2. The number of alkyl halides is 2. The third kappa shape index (κ3) is 6.55. The standard InChI is InChI=1S/C28H17Cl7N2O3/c29-19-6-3-15(37-27(40)25-24(28(25,34)35)13-1-5-21(31)22(32)9-13)11-17(19)23(39)10-14-2-4-20(30)18(26(14)33)12-16(38)7-8-36/h1-6,9,11,24-25H,7,10,12H2,(H,37,40)/t24-,25+/m0/s1. The SMILES string of the molecule is N#CCC(=O)Cc1c(Cl)ccc(CC(=O)c2cc(NC(=O)[C@H]3[C@H](c4ccc(Cl)c(Cl)c4)C3(Cl)Cl)ccc2Cl)c1Cl. The summed E-state index contributed by atoms with van der Waals surface area (Å²) in [6.07, 6.45) is -0.572. The van der Waals surface area contributed by atoms with Crippen molar-refractivity contribution in [2.24, 2.45) is 5.92 Å². The van der Waals surface area contributed by atoms with Crippen molar-refractivity contribution in [2.75, 3.05) is 5.32 Å². The highest BCUT2D eigenvalue weighted by atomic mass is 35.5. The highest BCUT2D eigenvalue weighted by Crippen LogP contribution is 2.65. The molecular weight excluding hydrogens is 660 g/mol. The van der Waals surface area contributed by atoms with Crippen LogP contribution in [0.4, 0.5) is 5.69 Å². The van der Waals surface area contributed by atoms with E-state index < -0.39 is 22.1 Å². The highest BCUT2D eigenvalue weighted by Gasteiger charge is 2.67. The van der Waals surface area contributed by atoms with E-state index in [-0.39, 0.29) is 51.5 Å². The molecule has 0 heterocycles. The first-order chi connectivity index (χ1) is 18.8. The number of rotatable bonds is 9. The van der Waals surface area contributed by atoms with Crippen molar-refractivity contribution in [3.8, 4) is 6.07 Å². The number of halogens is 7. The topological polar surface area (TPSA) is 87.0 Å². The van der Waals surface area contributed by atoms with Crippen molar-refractivity contribution in [3.63, 3.8) is 0 Å². The summed E-state index contributed by atoms with van der Waals surface area (Å²) in [5.41, 5.74) is 1.89. The van der Waals surface area contributed by atoms with Gasteiger partial charge < -0.3 is 5.32 Å². The molecule has 0 bridgehead atoms. The zero-order valence-electron chi connectivity index (χ0n) is 20.2. The zero-order valence-corrected chi connectivity index (χ0v) is 25.5. The molecule has 1 N–H and O–H groups in total. The summed E-state index contributed by atoms with van der Waals surface area (Å²) in [6.45, 7) is 0. The molecule has 4 rings (SSSR count). The molecule has 1 aliphatic carbocycles. The number of nitrogens with one attached hydrogen (secondary N) is 1. The summed E-state index contributed by atoms with van der Waals surface area (Å²) in [5.74, 6) is -2.48. The van der Waals surface area contributed by atoms with Crippen LogP contribution in [0.25, 0.3) is 0 Å². The molecule has 0 radical (unpaired) electrons. The van der Waals surface area contributed by atoms with Gasteiger partial charge in [-0.15, -0.1) is 23.2 Å². The minimum absolute atomic E-state index is 0.136. The lowest BCUT2D eigenvalue weighted by Crippen LogP contribution is -2.17. The van der Waals surface area contributed by atoms with Crippen LogP contribution in [0.1, 0.15) is 39.4 Å². The molecule has 0 saturated heterocycles. The van der Waals surface area contributed by atoms with Gasteiger partial charge in [0.25, 0.3) is 0 Å². The number of ketones is 2. The molecule has 1 aliphatic rings. The number of hydrogen-bond acceptors (Lipinski definition) is 4. The van der Waals surface area contributed by atoms with E-state index in [1.165, 1.54) is 18.2 Å². The van der Waals surface area contributed by atoms with Crippen molar-refractivity contribution in [3.05, 3.63) is 95.9 Å². The molecule has 40 heavy (non-hydrogen) atoms. The number of carbonyl (C=O) groups excluding carboxylic acids is 3. The fraction of sp³-hybridized carbons (Fsp3) is 0.214. The first-order valence-corrected chi connectivity index (χ1v) is 14.3. The number of nitriles is 1. The van der Waals surface area contributed by atoms with Crippen LogP contribution in [-0.4, -0.2) is 21.8 Å². The van der Waals surface area contributed by atoms with Crippen molar-refractivity contribution >= 4 is 104 Å². The summed E-state index contributed by atoms with van der Waals surface area (Å²) in [6, 6.07) is 14.3.